The van der Waals surface area contributed by atoms with Gasteiger partial charge in [0.2, 0.25) is 0 Å². The summed E-state index contributed by atoms with van der Waals surface area (Å²) in [5.74, 6) is 0. The maximum atomic E-state index is 12.2. The highest BCUT2D eigenvalue weighted by Crippen LogP contribution is 2.14. The molecule has 0 saturated carbocycles. The molecule has 1 N–H and O–H groups in total. The van der Waals surface area contributed by atoms with E-state index < -0.39 is 10.2 Å². The highest BCUT2D eigenvalue weighted by molar-refractivity contribution is 7.87. The number of nitrogens with zero attached hydrogens (tertiary/aromatic N) is 1. The van der Waals surface area contributed by atoms with E-state index in [1.165, 1.54) is 9.18 Å². The van der Waals surface area contributed by atoms with Crippen LogP contribution in [0, 0.1) is 0 Å². The first kappa shape index (κ1) is 14.9. The molecule has 1 aliphatic rings. The van der Waals surface area contributed by atoms with Gasteiger partial charge in [-0.15, -0.1) is 11.3 Å². The summed E-state index contributed by atoms with van der Waals surface area (Å²) in [4.78, 5) is 1.19. The van der Waals surface area contributed by atoms with E-state index in [1.54, 1.807) is 11.3 Å². The van der Waals surface area contributed by atoms with Gasteiger partial charge in [-0.1, -0.05) is 6.07 Å². The second-order valence-electron chi connectivity index (χ2n) is 4.80. The summed E-state index contributed by atoms with van der Waals surface area (Å²) >= 11 is 1.64. The summed E-state index contributed by atoms with van der Waals surface area (Å²) in [7, 11) is -3.39. The van der Waals surface area contributed by atoms with Crippen LogP contribution < -0.4 is 4.72 Å². The maximum Gasteiger partial charge on any atom is 0.279 e. The molecule has 2 heterocycles. The minimum absolute atomic E-state index is 0.0578. The number of hydrogen-bond donors (Lipinski definition) is 1. The zero-order chi connectivity index (χ0) is 13.9. The molecule has 0 aliphatic carbocycles. The highest BCUT2D eigenvalue weighted by atomic mass is 32.2. The monoisotopic (exact) mass is 304 g/mol. The minimum atomic E-state index is -3.39. The van der Waals surface area contributed by atoms with Gasteiger partial charge in [0.15, 0.2) is 0 Å². The van der Waals surface area contributed by atoms with E-state index in [9.17, 15) is 8.42 Å². The first-order chi connectivity index (χ1) is 8.97. The molecule has 0 bridgehead atoms. The lowest BCUT2D eigenvalue weighted by Crippen LogP contribution is -2.52. The quantitative estimate of drug-likeness (QED) is 0.890. The molecule has 2 unspecified atom stereocenters. The Hall–Kier alpha value is -0.470. The van der Waals surface area contributed by atoms with Gasteiger partial charge in [-0.05, 0) is 31.7 Å². The average Bonchev–Trinajstić information content (AvgIpc) is 2.80. The molecular weight excluding hydrogens is 284 g/mol. The van der Waals surface area contributed by atoms with Gasteiger partial charge in [0.1, 0.15) is 0 Å². The van der Waals surface area contributed by atoms with Crippen LogP contribution in [-0.2, 0) is 21.4 Å². The summed E-state index contributed by atoms with van der Waals surface area (Å²) in [6.45, 7) is 5.05. The van der Waals surface area contributed by atoms with E-state index in [-0.39, 0.29) is 12.2 Å². The molecule has 1 saturated heterocycles. The molecule has 7 heteroatoms. The summed E-state index contributed by atoms with van der Waals surface area (Å²) < 4.78 is 34.0. The standard InChI is InChI=1S/C12H20N2O3S2/c1-10-8-14(9-11(2)17-10)19(15,16)13-6-5-12-4-3-7-18-12/h3-4,7,10-11,13H,5-6,8-9H2,1-2H3. The number of nitrogens with one attached hydrogen (secondary N) is 1. The molecule has 5 nitrogen and oxygen atoms in total. The van der Waals surface area contributed by atoms with E-state index >= 15 is 0 Å². The molecular formula is C12H20N2O3S2. The Labute approximate surface area is 118 Å². The molecule has 0 radical (unpaired) electrons. The molecule has 1 aliphatic heterocycles. The molecule has 2 atom stereocenters. The SMILES string of the molecule is CC1CN(S(=O)(=O)NCCc2cccs2)CC(C)O1. The molecule has 1 aromatic rings. The predicted octanol–water partition coefficient (Wildman–Crippen LogP) is 1.23. The number of ether oxygens (including phenoxy) is 1. The molecule has 0 amide bonds. The van der Waals surface area contributed by atoms with Crippen molar-refractivity contribution in [1.29, 1.82) is 0 Å². The molecule has 0 spiro atoms. The topological polar surface area (TPSA) is 58.6 Å². The second kappa shape index (κ2) is 6.32. The van der Waals surface area contributed by atoms with Crippen molar-refractivity contribution in [3.8, 4) is 0 Å². The van der Waals surface area contributed by atoms with Crippen LogP contribution in [0.3, 0.4) is 0 Å². The third-order valence-electron chi connectivity index (χ3n) is 2.96. The Morgan fingerprint density at radius 3 is 2.68 bits per heavy atom. The largest absolute Gasteiger partial charge is 0.373 e. The van der Waals surface area contributed by atoms with Crippen LogP contribution in [0.15, 0.2) is 17.5 Å². The molecule has 2 rings (SSSR count). The van der Waals surface area contributed by atoms with Crippen molar-refractivity contribution < 1.29 is 13.2 Å². The van der Waals surface area contributed by atoms with E-state index in [0.29, 0.717) is 19.6 Å². The Balaban J connectivity index is 1.87. The highest BCUT2D eigenvalue weighted by Gasteiger charge is 2.30. The Kier molecular flexibility index (Phi) is 4.97. The smallest absolute Gasteiger partial charge is 0.279 e. The van der Waals surface area contributed by atoms with Gasteiger partial charge in [-0.25, -0.2) is 4.72 Å². The lowest BCUT2D eigenvalue weighted by atomic mass is 10.3. The summed E-state index contributed by atoms with van der Waals surface area (Å²) in [6.07, 6.45) is 0.613. The third kappa shape index (κ3) is 4.25. The number of morpholine rings is 1. The Morgan fingerprint density at radius 2 is 2.11 bits per heavy atom. The van der Waals surface area contributed by atoms with E-state index in [0.717, 1.165) is 6.42 Å². The van der Waals surface area contributed by atoms with Crippen LogP contribution in [0.1, 0.15) is 18.7 Å². The maximum absolute atomic E-state index is 12.2. The Morgan fingerprint density at radius 1 is 1.42 bits per heavy atom. The fourth-order valence-electron chi connectivity index (χ4n) is 2.18. The van der Waals surface area contributed by atoms with Crippen LogP contribution >= 0.6 is 11.3 Å². The fraction of sp³-hybridized carbons (Fsp3) is 0.667. The van der Waals surface area contributed by atoms with Crippen LogP contribution in [0.25, 0.3) is 0 Å². The molecule has 108 valence electrons. The van der Waals surface area contributed by atoms with Gasteiger partial charge in [-0.2, -0.15) is 12.7 Å². The van der Waals surface area contributed by atoms with Crippen molar-refractivity contribution >= 4 is 21.5 Å². The van der Waals surface area contributed by atoms with Gasteiger partial charge in [0, 0.05) is 24.5 Å². The van der Waals surface area contributed by atoms with Crippen molar-refractivity contribution in [3.63, 3.8) is 0 Å². The zero-order valence-corrected chi connectivity index (χ0v) is 12.8. The van der Waals surface area contributed by atoms with Crippen LogP contribution in [0.5, 0.6) is 0 Å². The second-order valence-corrected chi connectivity index (χ2v) is 7.59. The lowest BCUT2D eigenvalue weighted by molar-refractivity contribution is -0.0443. The lowest BCUT2D eigenvalue weighted by Gasteiger charge is -2.34. The fourth-order valence-corrected chi connectivity index (χ4v) is 4.24. The van der Waals surface area contributed by atoms with Crippen LogP contribution in [0.4, 0.5) is 0 Å². The van der Waals surface area contributed by atoms with Gasteiger partial charge in [0.25, 0.3) is 10.2 Å². The zero-order valence-electron chi connectivity index (χ0n) is 11.2. The van der Waals surface area contributed by atoms with Gasteiger partial charge in [-0.3, -0.25) is 0 Å². The molecule has 1 aromatic heterocycles. The summed E-state index contributed by atoms with van der Waals surface area (Å²) in [5.41, 5.74) is 0. The first-order valence-electron chi connectivity index (χ1n) is 6.40. The van der Waals surface area contributed by atoms with Crippen molar-refractivity contribution in [2.45, 2.75) is 32.5 Å². The average molecular weight is 304 g/mol. The third-order valence-corrected chi connectivity index (χ3v) is 5.45. The van der Waals surface area contributed by atoms with Gasteiger partial charge >= 0.3 is 0 Å². The van der Waals surface area contributed by atoms with Gasteiger partial charge < -0.3 is 4.74 Å². The predicted molar refractivity (Wildman–Crippen MR) is 76.5 cm³/mol. The number of hydrogen-bond acceptors (Lipinski definition) is 4. The molecule has 1 fully saturated rings. The minimum Gasteiger partial charge on any atom is -0.373 e. The summed E-state index contributed by atoms with van der Waals surface area (Å²) in [6, 6.07) is 3.98. The van der Waals surface area contributed by atoms with Crippen molar-refractivity contribution in [2.75, 3.05) is 19.6 Å². The van der Waals surface area contributed by atoms with E-state index in [4.69, 9.17) is 4.74 Å². The van der Waals surface area contributed by atoms with Crippen LogP contribution in [-0.4, -0.2) is 44.6 Å². The summed E-state index contributed by atoms with van der Waals surface area (Å²) in [5, 5.41) is 2.00. The van der Waals surface area contributed by atoms with Crippen LogP contribution in [0.2, 0.25) is 0 Å². The van der Waals surface area contributed by atoms with Crippen molar-refractivity contribution in [1.82, 2.24) is 9.03 Å². The molecule has 0 aromatic carbocycles. The van der Waals surface area contributed by atoms with Crippen molar-refractivity contribution in [3.05, 3.63) is 22.4 Å². The van der Waals surface area contributed by atoms with E-state index in [2.05, 4.69) is 4.72 Å². The Bertz CT molecular complexity index is 477. The van der Waals surface area contributed by atoms with Gasteiger partial charge in [0.05, 0.1) is 12.2 Å². The number of rotatable bonds is 5. The normalized spacial score (nSPS) is 25.6. The van der Waals surface area contributed by atoms with E-state index in [1.807, 2.05) is 31.4 Å². The number of thiophene rings is 1. The van der Waals surface area contributed by atoms with Crippen molar-refractivity contribution in [2.24, 2.45) is 0 Å². The first-order valence-corrected chi connectivity index (χ1v) is 8.72. The molecule has 19 heavy (non-hydrogen) atoms.